The van der Waals surface area contributed by atoms with E-state index in [1.165, 1.54) is 49.8 Å². The standard InChI is InChI=1S/C42H37BNO3/c1-41(2,45)42(3,4)47-43-32-19-22-35(39-31-23-27-13-5-6-14-28(27)24-36(31)46-40(32)39)44-33-20-17-25-11-7-9-15-29(25)37(33)38-30-16-10-8-12-26(30)18-21-34(38)44/h5-7,9-11,13-16,18-19,21-24,45H,8,12,17,20H2,1-4H3. The van der Waals surface area contributed by atoms with Gasteiger partial charge in [-0.1, -0.05) is 72.8 Å². The van der Waals surface area contributed by atoms with Gasteiger partial charge in [-0.05, 0) is 116 Å². The minimum atomic E-state index is -1.04. The van der Waals surface area contributed by atoms with E-state index in [0.717, 1.165) is 64.2 Å². The van der Waals surface area contributed by atoms with Crippen molar-refractivity contribution in [2.24, 2.45) is 0 Å². The summed E-state index contributed by atoms with van der Waals surface area (Å²) >= 11 is 0. The van der Waals surface area contributed by atoms with E-state index >= 15 is 0 Å². The van der Waals surface area contributed by atoms with Gasteiger partial charge < -0.3 is 18.7 Å². The number of hydrogen-bond acceptors (Lipinski definition) is 3. The van der Waals surface area contributed by atoms with Crippen molar-refractivity contribution in [2.45, 2.75) is 64.6 Å². The summed E-state index contributed by atoms with van der Waals surface area (Å²) in [6.07, 6.45) is 8.78. The highest BCUT2D eigenvalue weighted by molar-refractivity contribution is 6.51. The van der Waals surface area contributed by atoms with E-state index < -0.39 is 11.2 Å². The summed E-state index contributed by atoms with van der Waals surface area (Å²) in [5.74, 6) is 0. The highest BCUT2D eigenvalue weighted by atomic mass is 16.5. The normalized spacial score (nSPS) is 14.6. The predicted octanol–water partition coefficient (Wildman–Crippen LogP) is 9.22. The van der Waals surface area contributed by atoms with Crippen LogP contribution in [0.25, 0.3) is 66.5 Å². The number of allylic oxidation sites excluding steroid dienone is 1. The number of furan rings is 1. The van der Waals surface area contributed by atoms with E-state index in [-0.39, 0.29) is 0 Å². The summed E-state index contributed by atoms with van der Waals surface area (Å²) in [5, 5.41) is 16.6. The highest BCUT2D eigenvalue weighted by Gasteiger charge is 2.36. The highest BCUT2D eigenvalue weighted by Crippen LogP contribution is 2.47. The zero-order valence-electron chi connectivity index (χ0n) is 27.4. The minimum Gasteiger partial charge on any atom is -0.456 e. The van der Waals surface area contributed by atoms with Gasteiger partial charge in [0.2, 0.25) is 0 Å². The van der Waals surface area contributed by atoms with Crippen LogP contribution < -0.4 is 5.46 Å². The molecule has 0 bridgehead atoms. The zero-order valence-corrected chi connectivity index (χ0v) is 27.4. The van der Waals surface area contributed by atoms with Gasteiger partial charge in [-0.3, -0.25) is 0 Å². The number of hydrogen-bond donors (Lipinski definition) is 1. The van der Waals surface area contributed by atoms with Crippen molar-refractivity contribution >= 4 is 62.6 Å². The molecule has 9 rings (SSSR count). The van der Waals surface area contributed by atoms with Gasteiger partial charge >= 0.3 is 7.48 Å². The van der Waals surface area contributed by atoms with Gasteiger partial charge in [0.15, 0.2) is 0 Å². The van der Waals surface area contributed by atoms with Gasteiger partial charge in [-0.25, -0.2) is 0 Å². The number of rotatable bonds is 5. The van der Waals surface area contributed by atoms with Gasteiger partial charge in [0.25, 0.3) is 0 Å². The quantitative estimate of drug-likeness (QED) is 0.197. The monoisotopic (exact) mass is 614 g/mol. The molecule has 0 fully saturated rings. The van der Waals surface area contributed by atoms with Crippen molar-refractivity contribution in [1.29, 1.82) is 0 Å². The predicted molar refractivity (Wildman–Crippen MR) is 195 cm³/mol. The first-order valence-corrected chi connectivity index (χ1v) is 16.8. The number of aliphatic hydroxyl groups is 1. The summed E-state index contributed by atoms with van der Waals surface area (Å²) in [7, 11) is 1.76. The molecule has 2 aliphatic carbocycles. The number of aromatic nitrogens is 1. The van der Waals surface area contributed by atoms with E-state index in [0.29, 0.717) is 0 Å². The van der Waals surface area contributed by atoms with Crippen LogP contribution in [0.2, 0.25) is 0 Å². The second-order valence-corrected chi connectivity index (χ2v) is 14.3. The van der Waals surface area contributed by atoms with Crippen molar-refractivity contribution in [3.05, 3.63) is 113 Å². The molecule has 2 heterocycles. The molecule has 0 unspecified atom stereocenters. The molecule has 5 heteroatoms. The van der Waals surface area contributed by atoms with Gasteiger partial charge in [0.05, 0.1) is 27.8 Å². The molecule has 0 saturated carbocycles. The number of nitrogens with zero attached hydrogens (tertiary/aromatic N) is 1. The van der Waals surface area contributed by atoms with Crippen LogP contribution in [0.4, 0.5) is 0 Å². The molecule has 231 valence electrons. The van der Waals surface area contributed by atoms with E-state index in [1.54, 1.807) is 21.3 Å². The number of benzene rings is 5. The third kappa shape index (κ3) is 4.30. The first kappa shape index (κ1) is 28.6. The van der Waals surface area contributed by atoms with Crippen LogP contribution in [0, 0.1) is 0 Å². The molecule has 4 nitrogen and oxygen atoms in total. The summed E-state index contributed by atoms with van der Waals surface area (Å²) in [6.45, 7) is 7.37. The molecule has 2 aromatic heterocycles. The SMILES string of the molecule is CC(C)(O)C(C)(C)O[B]c1ccc(-n2c3c(c4c5c(ccc42)CCC=C5)-c2ccccc2CC3)c2c1oc1cc3ccccc3cc12. The average Bonchev–Trinajstić information content (AvgIpc) is 3.62. The summed E-state index contributed by atoms with van der Waals surface area (Å²) < 4.78 is 15.6. The fraction of sp³-hybridized carbons (Fsp3) is 0.238. The fourth-order valence-electron chi connectivity index (χ4n) is 7.59. The smallest absolute Gasteiger partial charge is 0.334 e. The molecule has 1 N–H and O–H groups in total. The Kier molecular flexibility index (Phi) is 6.22. The van der Waals surface area contributed by atoms with Crippen LogP contribution in [0.15, 0.2) is 95.4 Å². The summed E-state index contributed by atoms with van der Waals surface area (Å²) in [6, 6.07) is 30.8. The summed E-state index contributed by atoms with van der Waals surface area (Å²) in [5.41, 5.74) is 11.2. The molecule has 0 atom stereocenters. The number of aryl methyl sites for hydroxylation is 2. The molecule has 1 radical (unpaired) electrons. The maximum Gasteiger partial charge on any atom is 0.334 e. The van der Waals surface area contributed by atoms with Crippen molar-refractivity contribution in [1.82, 2.24) is 4.57 Å². The van der Waals surface area contributed by atoms with Crippen LogP contribution >= 0.6 is 0 Å². The first-order chi connectivity index (χ1) is 22.7. The number of fused-ring (bicyclic) bond motifs is 11. The second-order valence-electron chi connectivity index (χ2n) is 14.3. The Balaban J connectivity index is 1.37. The van der Waals surface area contributed by atoms with Gasteiger partial charge in [-0.15, -0.1) is 0 Å². The second kappa shape index (κ2) is 10.2. The molecule has 0 amide bonds. The van der Waals surface area contributed by atoms with Crippen molar-refractivity contribution in [2.75, 3.05) is 0 Å². The molecule has 2 aliphatic rings. The third-order valence-electron chi connectivity index (χ3n) is 10.8. The molecule has 0 spiro atoms. The Morgan fingerprint density at radius 1 is 0.809 bits per heavy atom. The zero-order chi connectivity index (χ0) is 32.1. The lowest BCUT2D eigenvalue weighted by Crippen LogP contribution is -2.49. The van der Waals surface area contributed by atoms with E-state index in [1.807, 2.05) is 13.8 Å². The topological polar surface area (TPSA) is 47.5 Å². The molecular formula is C42H37BNO3. The Labute approximate surface area is 275 Å². The fourth-order valence-corrected chi connectivity index (χ4v) is 7.59. The van der Waals surface area contributed by atoms with Crippen LogP contribution in [-0.2, 0) is 23.9 Å². The largest absolute Gasteiger partial charge is 0.456 e. The lowest BCUT2D eigenvalue weighted by atomic mass is 9.81. The van der Waals surface area contributed by atoms with Gasteiger partial charge in [-0.2, -0.15) is 0 Å². The Hall–Kier alpha value is -4.58. The van der Waals surface area contributed by atoms with Gasteiger partial charge in [0, 0.05) is 22.0 Å². The maximum atomic E-state index is 10.8. The van der Waals surface area contributed by atoms with Crippen LogP contribution in [0.3, 0.4) is 0 Å². The van der Waals surface area contributed by atoms with E-state index in [2.05, 4.69) is 102 Å². The van der Waals surface area contributed by atoms with Crippen LogP contribution in [0.5, 0.6) is 0 Å². The van der Waals surface area contributed by atoms with E-state index in [4.69, 9.17) is 9.07 Å². The molecule has 47 heavy (non-hydrogen) atoms. The van der Waals surface area contributed by atoms with E-state index in [9.17, 15) is 5.11 Å². The third-order valence-corrected chi connectivity index (χ3v) is 10.8. The van der Waals surface area contributed by atoms with Gasteiger partial charge in [0.1, 0.15) is 11.2 Å². The molecule has 7 aromatic rings. The molecule has 0 aliphatic heterocycles. The Bertz CT molecular complexity index is 2440. The van der Waals surface area contributed by atoms with Crippen molar-refractivity contribution < 1.29 is 14.2 Å². The lowest BCUT2D eigenvalue weighted by molar-refractivity contribution is -0.0893. The maximum absolute atomic E-state index is 10.8. The van der Waals surface area contributed by atoms with Crippen molar-refractivity contribution in [3.63, 3.8) is 0 Å². The molecule has 0 saturated heterocycles. The molecule has 5 aromatic carbocycles. The Morgan fingerprint density at radius 3 is 2.43 bits per heavy atom. The lowest BCUT2D eigenvalue weighted by Gasteiger charge is -2.37. The van der Waals surface area contributed by atoms with Crippen LogP contribution in [0.1, 0.15) is 56.5 Å². The first-order valence-electron chi connectivity index (χ1n) is 16.8. The Morgan fingerprint density at radius 2 is 1.60 bits per heavy atom. The average molecular weight is 615 g/mol. The van der Waals surface area contributed by atoms with Crippen LogP contribution in [-0.4, -0.2) is 28.4 Å². The minimum absolute atomic E-state index is 0.781. The van der Waals surface area contributed by atoms with Crippen molar-refractivity contribution in [3.8, 4) is 16.8 Å². The summed E-state index contributed by atoms with van der Waals surface area (Å²) in [4.78, 5) is 0. The molecular weight excluding hydrogens is 577 g/mol.